The number of nitrogens with zero attached hydrogens (tertiary/aromatic N) is 1. The maximum atomic E-state index is 11.6. The second kappa shape index (κ2) is 8.94. The summed E-state index contributed by atoms with van der Waals surface area (Å²) in [5.41, 5.74) is 0.984. The standard InChI is InChI=1S/C13H20N2O2S/c1-2-11(6-8-16)15-13(17)10-18-9-12-5-3-4-7-14-12/h3-5,7,11,16H,2,6,8-10H2,1H3,(H,15,17). The number of carbonyl (C=O) groups is 1. The van der Waals surface area contributed by atoms with Crippen LogP contribution in [0.15, 0.2) is 24.4 Å². The van der Waals surface area contributed by atoms with Crippen molar-refractivity contribution in [3.63, 3.8) is 0 Å². The zero-order chi connectivity index (χ0) is 13.2. The number of aromatic nitrogens is 1. The molecule has 0 saturated carbocycles. The molecular formula is C13H20N2O2S. The second-order valence-electron chi connectivity index (χ2n) is 4.00. The summed E-state index contributed by atoms with van der Waals surface area (Å²) in [4.78, 5) is 15.8. The Balaban J connectivity index is 2.20. The van der Waals surface area contributed by atoms with Gasteiger partial charge in [0.1, 0.15) is 0 Å². The number of hydrogen-bond donors (Lipinski definition) is 2. The highest BCUT2D eigenvalue weighted by molar-refractivity contribution is 7.99. The summed E-state index contributed by atoms with van der Waals surface area (Å²) in [5, 5.41) is 11.8. The first-order valence-corrected chi connectivity index (χ1v) is 7.29. The van der Waals surface area contributed by atoms with E-state index in [1.165, 1.54) is 0 Å². The molecule has 0 aromatic carbocycles. The molecule has 0 spiro atoms. The predicted molar refractivity (Wildman–Crippen MR) is 74.3 cm³/mol. The Bertz CT molecular complexity index is 346. The minimum atomic E-state index is 0.0243. The fourth-order valence-electron chi connectivity index (χ4n) is 1.54. The molecule has 0 aliphatic carbocycles. The van der Waals surface area contributed by atoms with Gasteiger partial charge in [0.05, 0.1) is 11.4 Å². The normalized spacial score (nSPS) is 12.1. The van der Waals surface area contributed by atoms with Crippen LogP contribution >= 0.6 is 11.8 Å². The third kappa shape index (κ3) is 6.02. The summed E-state index contributed by atoms with van der Waals surface area (Å²) >= 11 is 1.55. The molecule has 0 fully saturated rings. The molecule has 0 radical (unpaired) electrons. The van der Waals surface area contributed by atoms with Gasteiger partial charge in [-0.1, -0.05) is 13.0 Å². The molecule has 1 heterocycles. The Morgan fingerprint density at radius 1 is 1.56 bits per heavy atom. The van der Waals surface area contributed by atoms with Crippen LogP contribution in [0.5, 0.6) is 0 Å². The molecule has 5 heteroatoms. The molecule has 2 N–H and O–H groups in total. The van der Waals surface area contributed by atoms with Crippen molar-refractivity contribution in [2.24, 2.45) is 0 Å². The van der Waals surface area contributed by atoms with Gasteiger partial charge in [-0.3, -0.25) is 9.78 Å². The highest BCUT2D eigenvalue weighted by atomic mass is 32.2. The van der Waals surface area contributed by atoms with Gasteiger partial charge in [-0.15, -0.1) is 11.8 Å². The molecule has 0 aliphatic rings. The van der Waals surface area contributed by atoms with Crippen LogP contribution in [-0.2, 0) is 10.5 Å². The highest BCUT2D eigenvalue weighted by Crippen LogP contribution is 2.09. The summed E-state index contributed by atoms with van der Waals surface area (Å²) in [6.07, 6.45) is 3.22. The zero-order valence-electron chi connectivity index (χ0n) is 10.6. The topological polar surface area (TPSA) is 62.2 Å². The van der Waals surface area contributed by atoms with Crippen LogP contribution < -0.4 is 5.32 Å². The van der Waals surface area contributed by atoms with Gasteiger partial charge in [0, 0.05) is 24.6 Å². The van der Waals surface area contributed by atoms with Crippen molar-refractivity contribution < 1.29 is 9.90 Å². The van der Waals surface area contributed by atoms with Crippen molar-refractivity contribution >= 4 is 17.7 Å². The van der Waals surface area contributed by atoms with Gasteiger partial charge in [-0.05, 0) is 25.0 Å². The Hall–Kier alpha value is -1.07. The number of amides is 1. The average Bonchev–Trinajstić information content (AvgIpc) is 2.39. The summed E-state index contributed by atoms with van der Waals surface area (Å²) in [6, 6.07) is 5.85. The summed E-state index contributed by atoms with van der Waals surface area (Å²) < 4.78 is 0. The Kier molecular flexibility index (Phi) is 7.44. The number of aliphatic hydroxyl groups excluding tert-OH is 1. The van der Waals surface area contributed by atoms with E-state index < -0.39 is 0 Å². The number of rotatable bonds is 8. The third-order valence-electron chi connectivity index (χ3n) is 2.54. The van der Waals surface area contributed by atoms with Crippen molar-refractivity contribution in [1.82, 2.24) is 10.3 Å². The molecule has 100 valence electrons. The molecular weight excluding hydrogens is 248 g/mol. The van der Waals surface area contributed by atoms with Crippen LogP contribution in [0.3, 0.4) is 0 Å². The largest absolute Gasteiger partial charge is 0.396 e. The molecule has 1 unspecified atom stereocenters. The van der Waals surface area contributed by atoms with Crippen molar-refractivity contribution in [2.45, 2.75) is 31.6 Å². The van der Waals surface area contributed by atoms with E-state index in [1.807, 2.05) is 25.1 Å². The first kappa shape index (κ1) is 15.0. The lowest BCUT2D eigenvalue weighted by molar-refractivity contribution is -0.119. The average molecular weight is 268 g/mol. The van der Waals surface area contributed by atoms with Gasteiger partial charge in [-0.2, -0.15) is 0 Å². The van der Waals surface area contributed by atoms with Crippen molar-refractivity contribution in [1.29, 1.82) is 0 Å². The fraction of sp³-hybridized carbons (Fsp3) is 0.538. The Morgan fingerprint density at radius 3 is 3.00 bits per heavy atom. The van der Waals surface area contributed by atoms with E-state index in [2.05, 4.69) is 10.3 Å². The van der Waals surface area contributed by atoms with E-state index in [9.17, 15) is 4.79 Å². The van der Waals surface area contributed by atoms with Gasteiger partial charge >= 0.3 is 0 Å². The van der Waals surface area contributed by atoms with Gasteiger partial charge in [0.2, 0.25) is 5.91 Å². The predicted octanol–water partition coefficient (Wildman–Crippen LogP) is 1.59. The van der Waals surface area contributed by atoms with Crippen LogP contribution in [-0.4, -0.2) is 34.4 Å². The fourth-order valence-corrected chi connectivity index (χ4v) is 2.29. The maximum Gasteiger partial charge on any atom is 0.230 e. The molecule has 1 atom stereocenters. The van der Waals surface area contributed by atoms with Gasteiger partial charge in [-0.25, -0.2) is 0 Å². The van der Waals surface area contributed by atoms with Crippen LogP contribution in [0.4, 0.5) is 0 Å². The molecule has 0 saturated heterocycles. The summed E-state index contributed by atoms with van der Waals surface area (Å²) in [6.45, 7) is 2.11. The first-order valence-electron chi connectivity index (χ1n) is 6.14. The quantitative estimate of drug-likeness (QED) is 0.751. The number of hydrogen-bond acceptors (Lipinski definition) is 4. The van der Waals surface area contributed by atoms with E-state index in [1.54, 1.807) is 18.0 Å². The Morgan fingerprint density at radius 2 is 2.39 bits per heavy atom. The third-order valence-corrected chi connectivity index (χ3v) is 3.51. The monoisotopic (exact) mass is 268 g/mol. The number of nitrogens with one attached hydrogen (secondary N) is 1. The van der Waals surface area contributed by atoms with E-state index in [0.717, 1.165) is 17.9 Å². The van der Waals surface area contributed by atoms with Gasteiger partial charge in [0.25, 0.3) is 0 Å². The molecule has 18 heavy (non-hydrogen) atoms. The molecule has 1 aromatic heterocycles. The zero-order valence-corrected chi connectivity index (χ0v) is 11.4. The minimum Gasteiger partial charge on any atom is -0.396 e. The van der Waals surface area contributed by atoms with Crippen LogP contribution in [0.1, 0.15) is 25.5 Å². The number of aliphatic hydroxyl groups is 1. The number of pyridine rings is 1. The lowest BCUT2D eigenvalue weighted by Crippen LogP contribution is -2.36. The van der Waals surface area contributed by atoms with E-state index in [4.69, 9.17) is 5.11 Å². The molecule has 1 amide bonds. The van der Waals surface area contributed by atoms with E-state index >= 15 is 0 Å². The smallest absolute Gasteiger partial charge is 0.230 e. The van der Waals surface area contributed by atoms with Crippen molar-refractivity contribution in [2.75, 3.05) is 12.4 Å². The van der Waals surface area contributed by atoms with Gasteiger partial charge < -0.3 is 10.4 Å². The maximum absolute atomic E-state index is 11.6. The lowest BCUT2D eigenvalue weighted by atomic mass is 10.1. The molecule has 4 nitrogen and oxygen atoms in total. The van der Waals surface area contributed by atoms with Crippen LogP contribution in [0.2, 0.25) is 0 Å². The van der Waals surface area contributed by atoms with Crippen molar-refractivity contribution in [3.05, 3.63) is 30.1 Å². The van der Waals surface area contributed by atoms with Crippen molar-refractivity contribution in [3.8, 4) is 0 Å². The Labute approximate surface area is 112 Å². The summed E-state index contributed by atoms with van der Waals surface area (Å²) in [7, 11) is 0. The minimum absolute atomic E-state index is 0.0243. The SMILES string of the molecule is CCC(CCO)NC(=O)CSCc1ccccn1. The van der Waals surface area contributed by atoms with E-state index in [-0.39, 0.29) is 18.6 Å². The first-order chi connectivity index (χ1) is 8.76. The van der Waals surface area contributed by atoms with Crippen LogP contribution in [0.25, 0.3) is 0 Å². The van der Waals surface area contributed by atoms with Gasteiger partial charge in [0.15, 0.2) is 0 Å². The molecule has 0 bridgehead atoms. The number of thioether (sulfide) groups is 1. The highest BCUT2D eigenvalue weighted by Gasteiger charge is 2.09. The number of carbonyl (C=O) groups excluding carboxylic acids is 1. The second-order valence-corrected chi connectivity index (χ2v) is 4.98. The van der Waals surface area contributed by atoms with E-state index in [0.29, 0.717) is 12.2 Å². The molecule has 1 rings (SSSR count). The molecule has 1 aromatic rings. The molecule has 0 aliphatic heterocycles. The lowest BCUT2D eigenvalue weighted by Gasteiger charge is -2.15. The van der Waals surface area contributed by atoms with Crippen LogP contribution in [0, 0.1) is 0 Å². The summed E-state index contributed by atoms with van der Waals surface area (Å²) in [5.74, 6) is 1.19.